The lowest BCUT2D eigenvalue weighted by Gasteiger charge is -2.01. The molecule has 1 nitrogen and oxygen atoms in total. The lowest BCUT2D eigenvalue weighted by atomic mass is 10.0. The first-order valence-corrected chi connectivity index (χ1v) is 6.57. The van der Waals surface area contributed by atoms with Crippen molar-refractivity contribution in [3.63, 3.8) is 0 Å². The highest BCUT2D eigenvalue weighted by molar-refractivity contribution is 9.09. The first-order valence-electron chi connectivity index (χ1n) is 5.45. The maximum absolute atomic E-state index is 11.4. The largest absolute Gasteiger partial charge is 0.293 e. The van der Waals surface area contributed by atoms with E-state index in [0.717, 1.165) is 17.4 Å². The number of ketones is 1. The van der Waals surface area contributed by atoms with Gasteiger partial charge in [-0.3, -0.25) is 4.79 Å². The van der Waals surface area contributed by atoms with Crippen LogP contribution in [0, 0.1) is 5.92 Å². The zero-order chi connectivity index (χ0) is 10.8. The summed E-state index contributed by atoms with van der Waals surface area (Å²) in [5.41, 5.74) is 2.21. The molecule has 15 heavy (non-hydrogen) atoms. The molecule has 0 aliphatic heterocycles. The van der Waals surface area contributed by atoms with Crippen molar-refractivity contribution in [3.8, 4) is 0 Å². The third-order valence-electron chi connectivity index (χ3n) is 3.23. The van der Waals surface area contributed by atoms with E-state index < -0.39 is 0 Å². The summed E-state index contributed by atoms with van der Waals surface area (Å²) in [5, 5.41) is 0.410. The quantitative estimate of drug-likeness (QED) is 0.599. The Kier molecular flexibility index (Phi) is 3.25. The molecule has 1 aliphatic carbocycles. The summed E-state index contributed by atoms with van der Waals surface area (Å²) in [4.78, 5) is 11.4. The van der Waals surface area contributed by atoms with Gasteiger partial charge in [-0.25, -0.2) is 0 Å². The predicted molar refractivity (Wildman–Crippen MR) is 65.7 cm³/mol. The molecule has 2 heteroatoms. The molecule has 2 atom stereocenters. The number of hydrogen-bond donors (Lipinski definition) is 0. The fraction of sp³-hybridized carbons (Fsp3) is 0.462. The van der Waals surface area contributed by atoms with Crippen molar-refractivity contribution in [3.05, 3.63) is 35.4 Å². The first kappa shape index (κ1) is 10.9. The van der Waals surface area contributed by atoms with Crippen LogP contribution >= 0.6 is 15.9 Å². The van der Waals surface area contributed by atoms with E-state index in [9.17, 15) is 4.79 Å². The van der Waals surface area contributed by atoms with Crippen molar-refractivity contribution in [2.75, 3.05) is 5.33 Å². The van der Waals surface area contributed by atoms with E-state index in [0.29, 0.717) is 5.33 Å². The molecule has 0 saturated heterocycles. The van der Waals surface area contributed by atoms with E-state index in [4.69, 9.17) is 0 Å². The first-order chi connectivity index (χ1) is 7.26. The third kappa shape index (κ3) is 2.31. The maximum Gasteiger partial charge on any atom is 0.173 e. The van der Waals surface area contributed by atoms with Crippen LogP contribution < -0.4 is 0 Å². The SMILES string of the molecule is CCC1CC1c1ccc(C(=O)CBr)cc1. The minimum absolute atomic E-state index is 0.157. The van der Waals surface area contributed by atoms with Gasteiger partial charge in [-0.1, -0.05) is 53.5 Å². The Labute approximate surface area is 99.0 Å². The summed E-state index contributed by atoms with van der Waals surface area (Å²) >= 11 is 3.18. The number of hydrogen-bond acceptors (Lipinski definition) is 1. The van der Waals surface area contributed by atoms with E-state index in [1.807, 2.05) is 12.1 Å². The van der Waals surface area contributed by atoms with Crippen molar-refractivity contribution in [2.45, 2.75) is 25.7 Å². The van der Waals surface area contributed by atoms with Gasteiger partial charge in [-0.2, -0.15) is 0 Å². The smallest absolute Gasteiger partial charge is 0.173 e. The van der Waals surface area contributed by atoms with Crippen LogP contribution in [-0.4, -0.2) is 11.1 Å². The van der Waals surface area contributed by atoms with Gasteiger partial charge in [0.1, 0.15) is 0 Å². The minimum atomic E-state index is 0.157. The lowest BCUT2D eigenvalue weighted by Crippen LogP contribution is -1.99. The van der Waals surface area contributed by atoms with Crippen molar-refractivity contribution in [1.29, 1.82) is 0 Å². The Morgan fingerprint density at radius 1 is 1.40 bits per heavy atom. The Morgan fingerprint density at radius 3 is 2.53 bits per heavy atom. The second-order valence-electron chi connectivity index (χ2n) is 4.19. The van der Waals surface area contributed by atoms with Crippen molar-refractivity contribution < 1.29 is 4.79 Å². The number of rotatable bonds is 4. The molecule has 1 fully saturated rings. The van der Waals surface area contributed by atoms with Crippen LogP contribution in [0.3, 0.4) is 0 Å². The van der Waals surface area contributed by atoms with Crippen molar-refractivity contribution in [1.82, 2.24) is 0 Å². The third-order valence-corrected chi connectivity index (χ3v) is 3.74. The molecule has 0 aromatic heterocycles. The molecule has 1 aliphatic rings. The van der Waals surface area contributed by atoms with E-state index >= 15 is 0 Å². The summed E-state index contributed by atoms with van der Waals surface area (Å²) in [5.74, 6) is 1.79. The molecule has 0 N–H and O–H groups in total. The molecule has 2 rings (SSSR count). The standard InChI is InChI=1S/C13H15BrO/c1-2-9-7-12(9)10-3-5-11(6-4-10)13(15)8-14/h3-6,9,12H,2,7-8H2,1H3. The van der Waals surface area contributed by atoms with E-state index in [1.54, 1.807) is 0 Å². The van der Waals surface area contributed by atoms with E-state index in [2.05, 4.69) is 35.0 Å². The Morgan fingerprint density at radius 2 is 2.07 bits per heavy atom. The molecule has 2 unspecified atom stereocenters. The van der Waals surface area contributed by atoms with Crippen LogP contribution in [0.5, 0.6) is 0 Å². The summed E-state index contributed by atoms with van der Waals surface area (Å²) in [7, 11) is 0. The summed E-state index contributed by atoms with van der Waals surface area (Å²) in [6.45, 7) is 2.24. The van der Waals surface area contributed by atoms with Crippen LogP contribution in [0.1, 0.15) is 41.6 Å². The molecule has 0 radical (unpaired) electrons. The van der Waals surface area contributed by atoms with Gasteiger partial charge in [-0.05, 0) is 23.8 Å². The number of carbonyl (C=O) groups is 1. The van der Waals surface area contributed by atoms with Gasteiger partial charge in [0.25, 0.3) is 0 Å². The average Bonchev–Trinajstić information content (AvgIpc) is 3.07. The highest BCUT2D eigenvalue weighted by Gasteiger charge is 2.36. The monoisotopic (exact) mass is 266 g/mol. The maximum atomic E-state index is 11.4. The van der Waals surface area contributed by atoms with Crippen LogP contribution in [-0.2, 0) is 0 Å². The predicted octanol–water partition coefficient (Wildman–Crippen LogP) is 3.78. The van der Waals surface area contributed by atoms with Gasteiger partial charge < -0.3 is 0 Å². The fourth-order valence-electron chi connectivity index (χ4n) is 2.10. The normalized spacial score (nSPS) is 23.9. The number of carbonyl (C=O) groups excluding carboxylic acids is 1. The summed E-state index contributed by atoms with van der Waals surface area (Å²) in [6, 6.07) is 8.11. The fourth-order valence-corrected chi connectivity index (χ4v) is 2.42. The van der Waals surface area contributed by atoms with E-state index in [1.165, 1.54) is 18.4 Å². The summed E-state index contributed by atoms with van der Waals surface area (Å²) < 4.78 is 0. The Balaban J connectivity index is 2.08. The van der Waals surface area contributed by atoms with Gasteiger partial charge >= 0.3 is 0 Å². The molecule has 0 spiro atoms. The number of benzene rings is 1. The zero-order valence-electron chi connectivity index (χ0n) is 8.87. The zero-order valence-corrected chi connectivity index (χ0v) is 10.5. The van der Waals surface area contributed by atoms with Crippen LogP contribution in [0.2, 0.25) is 0 Å². The number of Topliss-reactive ketones (excluding diaryl/α,β-unsaturated/α-hetero) is 1. The number of halogens is 1. The van der Waals surface area contributed by atoms with E-state index in [-0.39, 0.29) is 5.78 Å². The molecule has 0 bridgehead atoms. The van der Waals surface area contributed by atoms with Crippen LogP contribution in [0.4, 0.5) is 0 Å². The highest BCUT2D eigenvalue weighted by Crippen LogP contribution is 2.49. The minimum Gasteiger partial charge on any atom is -0.293 e. The molecule has 0 heterocycles. The Hall–Kier alpha value is -0.630. The van der Waals surface area contributed by atoms with Gasteiger partial charge in [0.2, 0.25) is 0 Å². The lowest BCUT2D eigenvalue weighted by molar-refractivity contribution is 0.102. The second kappa shape index (κ2) is 4.48. The van der Waals surface area contributed by atoms with Crippen molar-refractivity contribution >= 4 is 21.7 Å². The molecule has 1 aromatic carbocycles. The molecular formula is C13H15BrO. The average molecular weight is 267 g/mol. The van der Waals surface area contributed by atoms with Crippen LogP contribution in [0.25, 0.3) is 0 Å². The molecule has 1 aromatic rings. The van der Waals surface area contributed by atoms with Gasteiger partial charge in [0.05, 0.1) is 5.33 Å². The van der Waals surface area contributed by atoms with Crippen molar-refractivity contribution in [2.24, 2.45) is 5.92 Å². The molecular weight excluding hydrogens is 252 g/mol. The molecule has 80 valence electrons. The highest BCUT2D eigenvalue weighted by atomic mass is 79.9. The second-order valence-corrected chi connectivity index (χ2v) is 4.75. The van der Waals surface area contributed by atoms with Gasteiger partial charge in [0.15, 0.2) is 5.78 Å². The number of alkyl halides is 1. The summed E-state index contributed by atoms with van der Waals surface area (Å²) in [6.07, 6.45) is 2.59. The Bertz CT molecular complexity index is 355. The van der Waals surface area contributed by atoms with Gasteiger partial charge in [-0.15, -0.1) is 0 Å². The molecule has 1 saturated carbocycles. The molecule has 0 amide bonds. The van der Waals surface area contributed by atoms with Crippen LogP contribution in [0.15, 0.2) is 24.3 Å². The van der Waals surface area contributed by atoms with Gasteiger partial charge in [0, 0.05) is 5.56 Å². The topological polar surface area (TPSA) is 17.1 Å².